The minimum atomic E-state index is -4.30. The van der Waals surface area contributed by atoms with E-state index in [0.717, 1.165) is 9.96 Å². The highest BCUT2D eigenvalue weighted by atomic mass is 32.2. The monoisotopic (exact) mass is 388 g/mol. The summed E-state index contributed by atoms with van der Waals surface area (Å²) in [6.45, 7) is 3.37. The van der Waals surface area contributed by atoms with Crippen molar-refractivity contribution in [3.63, 3.8) is 0 Å². The van der Waals surface area contributed by atoms with E-state index in [2.05, 4.69) is 4.98 Å². The number of hydrogen-bond donors (Lipinski definition) is 0. The maximum Gasteiger partial charge on any atom is 0.349 e. The molecule has 0 atom stereocenters. The fourth-order valence-electron chi connectivity index (χ4n) is 2.36. The molecule has 0 spiro atoms. The van der Waals surface area contributed by atoms with Crippen LogP contribution < -0.4 is 9.74 Å². The number of carbonyl (C=O) groups excluding carboxylic acids is 1. The van der Waals surface area contributed by atoms with Crippen molar-refractivity contribution >= 4 is 21.7 Å². The maximum atomic E-state index is 12.7. The molecule has 0 saturated carbocycles. The summed E-state index contributed by atoms with van der Waals surface area (Å²) in [5.41, 5.74) is -0.378. The lowest BCUT2D eigenvalue weighted by atomic mass is 10.2. The summed E-state index contributed by atoms with van der Waals surface area (Å²) >= 11 is 0. The molecule has 0 bridgehead atoms. The fourth-order valence-corrected chi connectivity index (χ4v) is 3.26. The van der Waals surface area contributed by atoms with Crippen molar-refractivity contribution in [1.29, 1.82) is 0 Å². The summed E-state index contributed by atoms with van der Waals surface area (Å²) in [5.74, 6) is -1.63. The molecule has 0 N–H and O–H groups in total. The number of ether oxygens (including phenoxy) is 1. The maximum absolute atomic E-state index is 12.7. The summed E-state index contributed by atoms with van der Waals surface area (Å²) in [7, 11) is -4.30. The second-order valence-corrected chi connectivity index (χ2v) is 7.14. The van der Waals surface area contributed by atoms with Crippen molar-refractivity contribution in [2.75, 3.05) is 6.61 Å². The predicted octanol–water partition coefficient (Wildman–Crippen LogP) is 1.95. The first-order chi connectivity index (χ1) is 12.8. The molecular formula is C18H16N2O6S. The Morgan fingerprint density at radius 3 is 2.52 bits per heavy atom. The van der Waals surface area contributed by atoms with E-state index in [9.17, 15) is 18.0 Å². The van der Waals surface area contributed by atoms with Gasteiger partial charge in [0.15, 0.2) is 5.56 Å². The standard InChI is InChI=1S/C18H16N2O6S/c1-3-25-18(22)15-16(19-14-6-4-5-11-20(14)17(15)21)26-27(23,24)13-9-7-12(2)8-10-13/h4-11H,3H2,1-2H3. The molecule has 0 unspecified atom stereocenters. The lowest BCUT2D eigenvalue weighted by Crippen LogP contribution is -2.27. The lowest BCUT2D eigenvalue weighted by molar-refractivity contribution is 0.0521. The van der Waals surface area contributed by atoms with Gasteiger partial charge in [-0.2, -0.15) is 13.4 Å². The highest BCUT2D eigenvalue weighted by Gasteiger charge is 2.27. The number of benzene rings is 1. The smallest absolute Gasteiger partial charge is 0.349 e. The van der Waals surface area contributed by atoms with Gasteiger partial charge in [0.1, 0.15) is 10.5 Å². The minimum Gasteiger partial charge on any atom is -0.462 e. The van der Waals surface area contributed by atoms with Gasteiger partial charge in [0.05, 0.1) is 6.61 Å². The quantitative estimate of drug-likeness (QED) is 0.486. The van der Waals surface area contributed by atoms with Gasteiger partial charge < -0.3 is 8.92 Å². The van der Waals surface area contributed by atoms with Gasteiger partial charge >= 0.3 is 16.1 Å². The molecule has 3 rings (SSSR count). The number of aryl methyl sites for hydroxylation is 1. The van der Waals surface area contributed by atoms with E-state index in [-0.39, 0.29) is 17.1 Å². The predicted molar refractivity (Wildman–Crippen MR) is 96.4 cm³/mol. The molecule has 140 valence electrons. The molecular weight excluding hydrogens is 372 g/mol. The van der Waals surface area contributed by atoms with Crippen LogP contribution in [0.4, 0.5) is 0 Å². The summed E-state index contributed by atoms with van der Waals surface area (Å²) in [6.07, 6.45) is 1.41. The number of fused-ring (bicyclic) bond motifs is 1. The number of pyridine rings is 1. The average molecular weight is 388 g/mol. The van der Waals surface area contributed by atoms with E-state index >= 15 is 0 Å². The number of carbonyl (C=O) groups is 1. The second-order valence-electron chi connectivity index (χ2n) is 5.60. The number of aromatic nitrogens is 2. The lowest BCUT2D eigenvalue weighted by Gasteiger charge is -2.11. The van der Waals surface area contributed by atoms with Crippen LogP contribution >= 0.6 is 0 Å². The zero-order valence-electron chi connectivity index (χ0n) is 14.6. The average Bonchev–Trinajstić information content (AvgIpc) is 2.62. The van der Waals surface area contributed by atoms with Gasteiger partial charge in [0, 0.05) is 6.20 Å². The molecule has 8 nitrogen and oxygen atoms in total. The molecule has 2 aromatic heterocycles. The molecule has 0 aliphatic carbocycles. The summed E-state index contributed by atoms with van der Waals surface area (Å²) in [5, 5.41) is 0. The molecule has 0 aliphatic heterocycles. The first-order valence-corrected chi connectivity index (χ1v) is 9.44. The van der Waals surface area contributed by atoms with Crippen LogP contribution in [0.15, 0.2) is 58.4 Å². The molecule has 3 aromatic rings. The number of nitrogens with zero attached hydrogens (tertiary/aromatic N) is 2. The highest BCUT2D eigenvalue weighted by molar-refractivity contribution is 7.87. The molecule has 0 radical (unpaired) electrons. The Kier molecular flexibility index (Phi) is 4.95. The molecule has 0 fully saturated rings. The minimum absolute atomic E-state index is 0.0000804. The molecule has 0 saturated heterocycles. The topological polar surface area (TPSA) is 104 Å². The largest absolute Gasteiger partial charge is 0.462 e. The second kappa shape index (κ2) is 7.20. The van der Waals surface area contributed by atoms with Gasteiger partial charge in [-0.25, -0.2) is 4.79 Å². The van der Waals surface area contributed by atoms with Crippen LogP contribution in [-0.2, 0) is 14.9 Å². The Morgan fingerprint density at radius 2 is 1.85 bits per heavy atom. The number of hydrogen-bond acceptors (Lipinski definition) is 7. The number of rotatable bonds is 5. The van der Waals surface area contributed by atoms with Crippen molar-refractivity contribution in [2.45, 2.75) is 18.7 Å². The van der Waals surface area contributed by atoms with E-state index < -0.39 is 33.1 Å². The zero-order chi connectivity index (χ0) is 19.6. The van der Waals surface area contributed by atoms with E-state index in [1.165, 1.54) is 24.4 Å². The molecule has 27 heavy (non-hydrogen) atoms. The third-order valence-corrected chi connectivity index (χ3v) is 4.91. The molecule has 0 amide bonds. The van der Waals surface area contributed by atoms with E-state index in [0.29, 0.717) is 0 Å². The van der Waals surface area contributed by atoms with Crippen molar-refractivity contribution in [1.82, 2.24) is 9.38 Å². The third kappa shape index (κ3) is 3.68. The van der Waals surface area contributed by atoms with Gasteiger partial charge in [0.25, 0.3) is 11.4 Å². The Hall–Kier alpha value is -3.20. The highest BCUT2D eigenvalue weighted by Crippen LogP contribution is 2.21. The molecule has 0 aliphatic rings. The van der Waals surface area contributed by atoms with Crippen LogP contribution in [-0.4, -0.2) is 30.4 Å². The molecule has 1 aromatic carbocycles. The van der Waals surface area contributed by atoms with Crippen molar-refractivity contribution < 1.29 is 22.1 Å². The van der Waals surface area contributed by atoms with Gasteiger partial charge in [-0.1, -0.05) is 23.8 Å². The molecule has 2 heterocycles. The first kappa shape index (κ1) is 18.6. The van der Waals surface area contributed by atoms with Crippen molar-refractivity contribution in [3.05, 3.63) is 70.1 Å². The number of esters is 1. The van der Waals surface area contributed by atoms with E-state index in [1.807, 2.05) is 6.92 Å². The van der Waals surface area contributed by atoms with Crippen LogP contribution in [0.3, 0.4) is 0 Å². The Labute approximate surface area is 155 Å². The van der Waals surface area contributed by atoms with Crippen LogP contribution in [0.2, 0.25) is 0 Å². The van der Waals surface area contributed by atoms with Crippen molar-refractivity contribution in [3.8, 4) is 5.88 Å². The Balaban J connectivity index is 2.17. The SMILES string of the molecule is CCOC(=O)c1c(OS(=O)(=O)c2ccc(C)cc2)nc2ccccn2c1=O. The summed E-state index contributed by atoms with van der Waals surface area (Å²) in [6, 6.07) is 10.6. The van der Waals surface area contributed by atoms with Gasteiger partial charge in [-0.3, -0.25) is 9.20 Å². The van der Waals surface area contributed by atoms with E-state index in [4.69, 9.17) is 8.92 Å². The van der Waals surface area contributed by atoms with Crippen LogP contribution in [0.1, 0.15) is 22.8 Å². The summed E-state index contributed by atoms with van der Waals surface area (Å²) in [4.78, 5) is 28.8. The molecule has 9 heteroatoms. The van der Waals surface area contributed by atoms with E-state index in [1.54, 1.807) is 31.2 Å². The van der Waals surface area contributed by atoms with Crippen LogP contribution in [0.25, 0.3) is 5.65 Å². The van der Waals surface area contributed by atoms with Gasteiger partial charge in [-0.15, -0.1) is 0 Å². The fraction of sp³-hybridized carbons (Fsp3) is 0.167. The van der Waals surface area contributed by atoms with Gasteiger partial charge in [-0.05, 0) is 38.1 Å². The van der Waals surface area contributed by atoms with Gasteiger partial charge in [0.2, 0.25) is 0 Å². The Bertz CT molecular complexity index is 1170. The third-order valence-electron chi connectivity index (χ3n) is 3.68. The van der Waals surface area contributed by atoms with Crippen LogP contribution in [0, 0.1) is 6.92 Å². The zero-order valence-corrected chi connectivity index (χ0v) is 15.4. The van der Waals surface area contributed by atoms with Crippen LogP contribution in [0.5, 0.6) is 5.88 Å². The summed E-state index contributed by atoms with van der Waals surface area (Å²) < 4.78 is 36.2. The van der Waals surface area contributed by atoms with Crippen molar-refractivity contribution in [2.24, 2.45) is 0 Å². The first-order valence-electron chi connectivity index (χ1n) is 8.03. The normalized spacial score (nSPS) is 11.3. The Morgan fingerprint density at radius 1 is 1.15 bits per heavy atom.